The Morgan fingerprint density at radius 2 is 1.32 bits per heavy atom. The van der Waals surface area contributed by atoms with E-state index in [1.807, 2.05) is 6.92 Å². The Labute approximate surface area is 108 Å². The number of benzene rings is 2. The van der Waals surface area contributed by atoms with Gasteiger partial charge in [0.1, 0.15) is 0 Å². The number of rotatable bonds is 2. The standard InChI is InChI=1S/C15H12F4/c1-8-3-5-10(6-4-8)9(2)13-14(18)11(16)7-12(17)15(13)19/h3-7,9H,1-2H3. The van der Waals surface area contributed by atoms with Crippen molar-refractivity contribution < 1.29 is 17.6 Å². The van der Waals surface area contributed by atoms with Gasteiger partial charge in [0.05, 0.1) is 0 Å². The molecule has 2 aromatic carbocycles. The van der Waals surface area contributed by atoms with E-state index in [1.54, 1.807) is 24.3 Å². The highest BCUT2D eigenvalue weighted by Gasteiger charge is 2.24. The van der Waals surface area contributed by atoms with Gasteiger partial charge in [-0.15, -0.1) is 0 Å². The molecule has 0 bridgehead atoms. The van der Waals surface area contributed by atoms with Crippen LogP contribution in [0.25, 0.3) is 0 Å². The van der Waals surface area contributed by atoms with E-state index in [1.165, 1.54) is 6.92 Å². The first-order valence-electron chi connectivity index (χ1n) is 5.81. The third-order valence-corrected chi connectivity index (χ3v) is 3.16. The first-order chi connectivity index (χ1) is 8.91. The fraction of sp³-hybridized carbons (Fsp3) is 0.200. The van der Waals surface area contributed by atoms with E-state index in [4.69, 9.17) is 0 Å². The second-order valence-electron chi connectivity index (χ2n) is 4.51. The summed E-state index contributed by atoms with van der Waals surface area (Å²) in [6, 6.07) is 7.13. The molecule has 100 valence electrons. The van der Waals surface area contributed by atoms with Crippen molar-refractivity contribution >= 4 is 0 Å². The average molecular weight is 268 g/mol. The van der Waals surface area contributed by atoms with Gasteiger partial charge in [0.2, 0.25) is 0 Å². The fourth-order valence-corrected chi connectivity index (χ4v) is 1.99. The molecular formula is C15H12F4. The molecule has 0 aromatic heterocycles. The zero-order valence-electron chi connectivity index (χ0n) is 10.5. The van der Waals surface area contributed by atoms with Crippen molar-refractivity contribution in [2.24, 2.45) is 0 Å². The minimum Gasteiger partial charge on any atom is -0.204 e. The number of hydrogen-bond acceptors (Lipinski definition) is 0. The minimum atomic E-state index is -1.38. The molecule has 2 aromatic rings. The maximum absolute atomic E-state index is 13.7. The van der Waals surface area contributed by atoms with Gasteiger partial charge in [0.15, 0.2) is 23.3 Å². The van der Waals surface area contributed by atoms with Crippen LogP contribution in [0.15, 0.2) is 30.3 Å². The van der Waals surface area contributed by atoms with Crippen molar-refractivity contribution in [2.45, 2.75) is 19.8 Å². The summed E-state index contributed by atoms with van der Waals surface area (Å²) in [7, 11) is 0. The number of halogens is 4. The average Bonchev–Trinajstić information content (AvgIpc) is 2.37. The molecule has 2 rings (SSSR count). The highest BCUT2D eigenvalue weighted by molar-refractivity contribution is 5.35. The topological polar surface area (TPSA) is 0 Å². The molecule has 19 heavy (non-hydrogen) atoms. The zero-order valence-corrected chi connectivity index (χ0v) is 10.5. The van der Waals surface area contributed by atoms with Gasteiger partial charge in [-0.25, -0.2) is 17.6 Å². The first kappa shape index (κ1) is 13.6. The molecule has 1 unspecified atom stereocenters. The van der Waals surface area contributed by atoms with Gasteiger partial charge in [0.25, 0.3) is 0 Å². The third kappa shape index (κ3) is 2.48. The molecule has 0 aliphatic carbocycles. The molecule has 0 aliphatic heterocycles. The summed E-state index contributed by atoms with van der Waals surface area (Å²) in [6.07, 6.45) is 0. The number of aryl methyl sites for hydroxylation is 1. The second kappa shape index (κ2) is 5.03. The number of hydrogen-bond donors (Lipinski definition) is 0. The highest BCUT2D eigenvalue weighted by atomic mass is 19.2. The molecule has 0 amide bonds. The van der Waals surface area contributed by atoms with Crippen LogP contribution >= 0.6 is 0 Å². The minimum absolute atomic E-state index is 0.218. The summed E-state index contributed by atoms with van der Waals surface area (Å²) in [6.45, 7) is 3.38. The van der Waals surface area contributed by atoms with E-state index >= 15 is 0 Å². The maximum Gasteiger partial charge on any atom is 0.165 e. The quantitative estimate of drug-likeness (QED) is 0.547. The molecule has 0 fully saturated rings. The van der Waals surface area contributed by atoms with E-state index in [2.05, 4.69) is 0 Å². The molecule has 0 saturated carbocycles. The fourth-order valence-electron chi connectivity index (χ4n) is 1.99. The van der Waals surface area contributed by atoms with Crippen LogP contribution in [-0.4, -0.2) is 0 Å². The third-order valence-electron chi connectivity index (χ3n) is 3.16. The lowest BCUT2D eigenvalue weighted by atomic mass is 9.91. The van der Waals surface area contributed by atoms with Gasteiger partial charge in [-0.05, 0) is 12.5 Å². The molecule has 4 heteroatoms. The Hall–Kier alpha value is -1.84. The van der Waals surface area contributed by atoms with E-state index < -0.39 is 34.8 Å². The summed E-state index contributed by atoms with van der Waals surface area (Å²) in [4.78, 5) is 0. The van der Waals surface area contributed by atoms with Gasteiger partial charge in [0, 0.05) is 17.5 Å². The lowest BCUT2D eigenvalue weighted by molar-refractivity contribution is 0.435. The van der Waals surface area contributed by atoms with Crippen molar-refractivity contribution in [2.75, 3.05) is 0 Å². The molecule has 0 heterocycles. The Morgan fingerprint density at radius 1 is 0.842 bits per heavy atom. The molecule has 0 aliphatic rings. The maximum atomic E-state index is 13.7. The molecule has 1 atom stereocenters. The van der Waals surface area contributed by atoms with Crippen LogP contribution < -0.4 is 0 Å². The lowest BCUT2D eigenvalue weighted by Crippen LogP contribution is -2.07. The molecule has 0 saturated heterocycles. The Bertz CT molecular complexity index is 576. The van der Waals surface area contributed by atoms with E-state index in [-0.39, 0.29) is 6.07 Å². The van der Waals surface area contributed by atoms with Crippen molar-refractivity contribution in [3.8, 4) is 0 Å². The van der Waals surface area contributed by atoms with Crippen molar-refractivity contribution in [3.05, 3.63) is 70.3 Å². The van der Waals surface area contributed by atoms with Gasteiger partial charge in [-0.3, -0.25) is 0 Å². The normalized spacial score (nSPS) is 12.5. The summed E-state index contributed by atoms with van der Waals surface area (Å²) in [5, 5.41) is 0. The summed E-state index contributed by atoms with van der Waals surface area (Å²) in [5.41, 5.74) is 0.997. The van der Waals surface area contributed by atoms with Gasteiger partial charge in [-0.2, -0.15) is 0 Å². The van der Waals surface area contributed by atoms with E-state index in [0.717, 1.165) is 5.56 Å². The van der Waals surface area contributed by atoms with Crippen LogP contribution in [-0.2, 0) is 0 Å². The first-order valence-corrected chi connectivity index (χ1v) is 5.81. The van der Waals surface area contributed by atoms with Crippen LogP contribution in [0.4, 0.5) is 17.6 Å². The van der Waals surface area contributed by atoms with Crippen LogP contribution in [0.3, 0.4) is 0 Å². The molecular weight excluding hydrogens is 256 g/mol. The van der Waals surface area contributed by atoms with Crippen molar-refractivity contribution in [1.29, 1.82) is 0 Å². The lowest BCUT2D eigenvalue weighted by Gasteiger charge is -2.15. The Balaban J connectivity index is 2.55. The second-order valence-corrected chi connectivity index (χ2v) is 4.51. The zero-order chi connectivity index (χ0) is 14.2. The monoisotopic (exact) mass is 268 g/mol. The van der Waals surface area contributed by atoms with Crippen molar-refractivity contribution in [1.82, 2.24) is 0 Å². The molecule has 0 spiro atoms. The van der Waals surface area contributed by atoms with Gasteiger partial charge < -0.3 is 0 Å². The summed E-state index contributed by atoms with van der Waals surface area (Å²) >= 11 is 0. The molecule has 0 nitrogen and oxygen atoms in total. The predicted molar refractivity (Wildman–Crippen MR) is 65.0 cm³/mol. The van der Waals surface area contributed by atoms with Crippen LogP contribution in [0, 0.1) is 30.2 Å². The van der Waals surface area contributed by atoms with Crippen LogP contribution in [0.5, 0.6) is 0 Å². The van der Waals surface area contributed by atoms with E-state index in [9.17, 15) is 17.6 Å². The Kier molecular flexibility index (Phi) is 3.60. The largest absolute Gasteiger partial charge is 0.204 e. The van der Waals surface area contributed by atoms with Gasteiger partial charge >= 0.3 is 0 Å². The van der Waals surface area contributed by atoms with Crippen molar-refractivity contribution in [3.63, 3.8) is 0 Å². The smallest absolute Gasteiger partial charge is 0.165 e. The van der Waals surface area contributed by atoms with Gasteiger partial charge in [-0.1, -0.05) is 36.8 Å². The highest BCUT2D eigenvalue weighted by Crippen LogP contribution is 2.31. The Morgan fingerprint density at radius 3 is 1.79 bits per heavy atom. The molecule has 0 radical (unpaired) electrons. The van der Waals surface area contributed by atoms with E-state index in [0.29, 0.717) is 5.56 Å². The van der Waals surface area contributed by atoms with Crippen LogP contribution in [0.2, 0.25) is 0 Å². The predicted octanol–water partition coefficient (Wildman–Crippen LogP) is 4.70. The SMILES string of the molecule is Cc1ccc(C(C)c2c(F)c(F)cc(F)c2F)cc1. The summed E-state index contributed by atoms with van der Waals surface area (Å²) in [5.74, 6) is -6.22. The van der Waals surface area contributed by atoms with Crippen LogP contribution in [0.1, 0.15) is 29.5 Å². The molecule has 0 N–H and O–H groups in total. The summed E-state index contributed by atoms with van der Waals surface area (Å²) < 4.78 is 53.7.